The van der Waals surface area contributed by atoms with E-state index in [1.54, 1.807) is 15.9 Å². The molecule has 1 saturated heterocycles. The van der Waals surface area contributed by atoms with Crippen LogP contribution in [-0.2, 0) is 9.59 Å². The molecule has 0 spiro atoms. The van der Waals surface area contributed by atoms with Gasteiger partial charge in [0.15, 0.2) is 5.78 Å². The van der Waals surface area contributed by atoms with Crippen molar-refractivity contribution in [2.75, 3.05) is 26.2 Å². The first kappa shape index (κ1) is 24.8. The Kier molecular flexibility index (Phi) is 8.55. The van der Waals surface area contributed by atoms with Gasteiger partial charge in [0.1, 0.15) is 5.78 Å². The van der Waals surface area contributed by atoms with Gasteiger partial charge in [-0.2, -0.15) is 0 Å². The molecule has 0 atom stereocenters. The van der Waals surface area contributed by atoms with Gasteiger partial charge in [-0.3, -0.25) is 19.2 Å². The Morgan fingerprint density at radius 3 is 2.00 bits per heavy atom. The number of hydrogen-bond donors (Lipinski definition) is 0. The third-order valence-corrected chi connectivity index (χ3v) is 7.05. The molecule has 2 heterocycles. The molecule has 0 unspecified atom stereocenters. The minimum Gasteiger partial charge on any atom is -0.339 e. The molecule has 0 N–H and O–H groups in total. The number of Topliss-reactive ketones (excluding diaryl/α,β-unsaturated/α-hetero) is 2. The normalized spacial score (nSPS) is 13.9. The highest BCUT2D eigenvalue weighted by Crippen LogP contribution is 2.19. The van der Waals surface area contributed by atoms with E-state index in [-0.39, 0.29) is 49.1 Å². The Morgan fingerprint density at radius 2 is 1.42 bits per heavy atom. The van der Waals surface area contributed by atoms with Crippen molar-refractivity contribution in [1.82, 2.24) is 9.80 Å². The highest BCUT2D eigenvalue weighted by molar-refractivity contribution is 7.14. The maximum Gasteiger partial charge on any atom is 0.253 e. The highest BCUT2D eigenvalue weighted by Gasteiger charge is 2.25. The molecule has 6 nitrogen and oxygen atoms in total. The number of carbonyl (C=O) groups excluding carboxylic acids is 4. The summed E-state index contributed by atoms with van der Waals surface area (Å²) in [6.07, 6.45) is 0.652. The van der Waals surface area contributed by atoms with Crippen molar-refractivity contribution in [2.45, 2.75) is 52.4 Å². The zero-order chi connectivity index (χ0) is 24.0. The fraction of sp³-hybridized carbons (Fsp3) is 0.462. The summed E-state index contributed by atoms with van der Waals surface area (Å²) in [4.78, 5) is 54.8. The van der Waals surface area contributed by atoms with Crippen molar-refractivity contribution in [2.24, 2.45) is 0 Å². The number of nitrogens with zero attached hydrogens (tertiary/aromatic N) is 2. The highest BCUT2D eigenvalue weighted by atomic mass is 32.1. The van der Waals surface area contributed by atoms with E-state index in [1.165, 1.54) is 16.9 Å². The first-order valence-electron chi connectivity index (χ1n) is 11.5. The second-order valence-corrected chi connectivity index (χ2v) is 10.1. The van der Waals surface area contributed by atoms with Gasteiger partial charge in [-0.05, 0) is 42.7 Å². The summed E-state index contributed by atoms with van der Waals surface area (Å²) in [6.45, 7) is 8.09. The van der Waals surface area contributed by atoms with Gasteiger partial charge in [0, 0.05) is 62.3 Å². The molecule has 1 aliphatic heterocycles. The van der Waals surface area contributed by atoms with Gasteiger partial charge in [0.2, 0.25) is 5.91 Å². The number of thiophene rings is 1. The lowest BCUT2D eigenvalue weighted by Crippen LogP contribution is -2.50. The zero-order valence-corrected chi connectivity index (χ0v) is 20.5. The molecule has 2 aromatic rings. The molecule has 7 heteroatoms. The first-order chi connectivity index (χ1) is 15.7. The minimum absolute atomic E-state index is 0.0156. The van der Waals surface area contributed by atoms with E-state index in [1.807, 2.05) is 37.3 Å². The number of hydrogen-bond acceptors (Lipinski definition) is 5. The van der Waals surface area contributed by atoms with E-state index in [9.17, 15) is 19.2 Å². The van der Waals surface area contributed by atoms with Crippen LogP contribution in [0.3, 0.4) is 0 Å². The summed E-state index contributed by atoms with van der Waals surface area (Å²) in [7, 11) is 0. The van der Waals surface area contributed by atoms with Crippen LogP contribution in [0.4, 0.5) is 0 Å². The van der Waals surface area contributed by atoms with Gasteiger partial charge in [0.05, 0.1) is 4.88 Å². The van der Waals surface area contributed by atoms with E-state index in [2.05, 4.69) is 13.8 Å². The number of benzene rings is 1. The topological polar surface area (TPSA) is 74.8 Å². The first-order valence-corrected chi connectivity index (χ1v) is 12.3. The Morgan fingerprint density at radius 1 is 0.818 bits per heavy atom. The maximum atomic E-state index is 12.8. The number of piperazine rings is 1. The van der Waals surface area contributed by atoms with E-state index < -0.39 is 0 Å². The number of aryl methyl sites for hydroxylation is 1. The molecule has 1 fully saturated rings. The van der Waals surface area contributed by atoms with Gasteiger partial charge in [-0.1, -0.05) is 26.0 Å². The van der Waals surface area contributed by atoms with E-state index in [0.29, 0.717) is 42.5 Å². The van der Waals surface area contributed by atoms with Crippen LogP contribution in [0.5, 0.6) is 0 Å². The minimum atomic E-state index is -0.0723. The van der Waals surface area contributed by atoms with Crippen LogP contribution in [0.1, 0.15) is 75.9 Å². The Balaban J connectivity index is 1.38. The van der Waals surface area contributed by atoms with Crippen molar-refractivity contribution in [3.05, 3.63) is 57.3 Å². The Labute approximate surface area is 199 Å². The molecule has 1 aromatic heterocycles. The van der Waals surface area contributed by atoms with Crippen LogP contribution in [0.15, 0.2) is 36.4 Å². The van der Waals surface area contributed by atoms with Gasteiger partial charge < -0.3 is 9.80 Å². The predicted octanol–water partition coefficient (Wildman–Crippen LogP) is 4.48. The second kappa shape index (κ2) is 11.4. The van der Waals surface area contributed by atoms with Gasteiger partial charge in [0.25, 0.3) is 5.91 Å². The molecule has 1 aromatic carbocycles. The van der Waals surface area contributed by atoms with Crippen molar-refractivity contribution < 1.29 is 19.2 Å². The number of ketones is 2. The fourth-order valence-corrected chi connectivity index (χ4v) is 4.68. The lowest BCUT2D eigenvalue weighted by molar-refractivity contribution is -0.134. The molecule has 176 valence electrons. The number of rotatable bonds is 9. The molecular formula is C26H32N2O4S. The van der Waals surface area contributed by atoms with Crippen molar-refractivity contribution in [1.29, 1.82) is 0 Å². The molecule has 0 bridgehead atoms. The number of amides is 2. The van der Waals surface area contributed by atoms with E-state index >= 15 is 0 Å². The average molecular weight is 469 g/mol. The van der Waals surface area contributed by atoms with Gasteiger partial charge in [-0.15, -0.1) is 11.3 Å². The van der Waals surface area contributed by atoms with Crippen LogP contribution in [0.2, 0.25) is 0 Å². The fourth-order valence-electron chi connectivity index (χ4n) is 3.84. The Hall–Kier alpha value is -2.80. The van der Waals surface area contributed by atoms with Crippen molar-refractivity contribution >= 4 is 34.7 Å². The third kappa shape index (κ3) is 6.84. The molecular weight excluding hydrogens is 436 g/mol. The predicted molar refractivity (Wildman–Crippen MR) is 130 cm³/mol. The Bertz CT molecular complexity index is 1000. The van der Waals surface area contributed by atoms with Crippen LogP contribution in [0, 0.1) is 6.92 Å². The van der Waals surface area contributed by atoms with E-state index in [4.69, 9.17) is 0 Å². The summed E-state index contributed by atoms with van der Waals surface area (Å²) in [6, 6.07) is 11.4. The summed E-state index contributed by atoms with van der Waals surface area (Å²) < 4.78 is 0. The van der Waals surface area contributed by atoms with Crippen LogP contribution >= 0.6 is 11.3 Å². The van der Waals surface area contributed by atoms with Crippen LogP contribution in [-0.4, -0.2) is 59.4 Å². The van der Waals surface area contributed by atoms with Crippen molar-refractivity contribution in [3.63, 3.8) is 0 Å². The average Bonchev–Trinajstić information content (AvgIpc) is 3.27. The molecule has 0 radical (unpaired) electrons. The molecule has 0 saturated carbocycles. The quantitative estimate of drug-likeness (QED) is 0.509. The molecule has 33 heavy (non-hydrogen) atoms. The van der Waals surface area contributed by atoms with Crippen LogP contribution < -0.4 is 0 Å². The second-order valence-electron chi connectivity index (χ2n) is 8.82. The SMILES string of the molecule is Cc1ccc(C(=O)CCC(=O)CCC(=O)N2CCN(C(=O)c3ccc(C(C)C)cc3)CC2)s1. The number of carbonyl (C=O) groups is 4. The molecule has 1 aliphatic rings. The largest absolute Gasteiger partial charge is 0.339 e. The van der Waals surface area contributed by atoms with E-state index in [0.717, 1.165) is 4.88 Å². The maximum absolute atomic E-state index is 12.8. The smallest absolute Gasteiger partial charge is 0.253 e. The lowest BCUT2D eigenvalue weighted by atomic mass is 10.0. The third-order valence-electron chi connectivity index (χ3n) is 6.01. The molecule has 2 amide bonds. The summed E-state index contributed by atoms with van der Waals surface area (Å²) in [5.41, 5.74) is 1.86. The van der Waals surface area contributed by atoms with Gasteiger partial charge in [-0.25, -0.2) is 0 Å². The lowest BCUT2D eigenvalue weighted by Gasteiger charge is -2.35. The molecule has 0 aliphatic carbocycles. The summed E-state index contributed by atoms with van der Waals surface area (Å²) >= 11 is 1.44. The van der Waals surface area contributed by atoms with Crippen LogP contribution in [0.25, 0.3) is 0 Å². The standard InChI is InChI=1S/C26H32N2O4S/c1-18(2)20-5-7-21(8-6-20)26(32)28-16-14-27(15-17-28)25(31)13-10-22(29)9-11-23(30)24-12-4-19(3)33-24/h4-8,12,18H,9-11,13-17H2,1-3H3. The summed E-state index contributed by atoms with van der Waals surface area (Å²) in [5.74, 6) is 0.243. The van der Waals surface area contributed by atoms with Gasteiger partial charge >= 0.3 is 0 Å². The summed E-state index contributed by atoms with van der Waals surface area (Å²) in [5, 5.41) is 0. The monoisotopic (exact) mass is 468 g/mol. The van der Waals surface area contributed by atoms with Crippen molar-refractivity contribution in [3.8, 4) is 0 Å². The zero-order valence-electron chi connectivity index (χ0n) is 19.6. The molecule has 3 rings (SSSR count).